The van der Waals surface area contributed by atoms with Crippen LogP contribution in [0.25, 0.3) is 10.8 Å². The van der Waals surface area contributed by atoms with Gasteiger partial charge in [-0.3, -0.25) is 9.78 Å². The smallest absolute Gasteiger partial charge is 0.162 e. The Bertz CT molecular complexity index is 1100. The lowest BCUT2D eigenvalue weighted by Gasteiger charge is -2.40. The molecule has 0 amide bonds. The van der Waals surface area contributed by atoms with E-state index in [0.29, 0.717) is 6.42 Å². The fourth-order valence-electron chi connectivity index (χ4n) is 4.69. The Labute approximate surface area is 159 Å². The molecule has 0 saturated heterocycles. The van der Waals surface area contributed by atoms with Gasteiger partial charge in [-0.05, 0) is 51.9 Å². The highest BCUT2D eigenvalue weighted by molar-refractivity contribution is 6.04. The van der Waals surface area contributed by atoms with Gasteiger partial charge in [0.2, 0.25) is 0 Å². The maximum Gasteiger partial charge on any atom is 0.162 e. The molecule has 0 saturated carbocycles. The number of hydrogen-bond acceptors (Lipinski definition) is 3. The summed E-state index contributed by atoms with van der Waals surface area (Å²) in [7, 11) is 0. The third-order valence-electron chi connectivity index (χ3n) is 5.79. The molecule has 3 aromatic rings. The Balaban J connectivity index is 1.82. The molecule has 1 aliphatic heterocycles. The molecule has 2 heterocycles. The lowest BCUT2D eigenvalue weighted by atomic mass is 9.68. The van der Waals surface area contributed by atoms with Crippen LogP contribution in [0.5, 0.6) is 0 Å². The molecule has 1 aromatic heterocycles. The van der Waals surface area contributed by atoms with Crippen molar-refractivity contribution in [3.8, 4) is 0 Å². The van der Waals surface area contributed by atoms with Gasteiger partial charge in [-0.25, -0.2) is 0 Å². The number of benzene rings is 2. The molecule has 0 radical (unpaired) electrons. The van der Waals surface area contributed by atoms with Crippen LogP contribution in [0, 0.1) is 5.41 Å². The van der Waals surface area contributed by atoms with Crippen molar-refractivity contribution in [2.75, 3.05) is 5.32 Å². The minimum Gasteiger partial charge on any atom is -0.358 e. The van der Waals surface area contributed by atoms with Gasteiger partial charge in [0, 0.05) is 41.7 Å². The summed E-state index contributed by atoms with van der Waals surface area (Å²) in [5.41, 5.74) is 5.45. The summed E-state index contributed by atoms with van der Waals surface area (Å²) in [5.74, 6) is 0.211. The Hall–Kier alpha value is -2.94. The molecule has 3 heteroatoms. The third kappa shape index (κ3) is 2.57. The summed E-state index contributed by atoms with van der Waals surface area (Å²) in [6, 6.07) is 16.8. The second-order valence-electron chi connectivity index (χ2n) is 8.42. The van der Waals surface area contributed by atoms with Crippen molar-refractivity contribution in [3.63, 3.8) is 0 Å². The summed E-state index contributed by atoms with van der Waals surface area (Å²) in [5, 5.41) is 6.02. The molecule has 0 spiro atoms. The van der Waals surface area contributed by atoms with E-state index in [1.54, 1.807) is 0 Å². The molecule has 1 unspecified atom stereocenters. The largest absolute Gasteiger partial charge is 0.358 e. The SMILES string of the molecule is CC1(C)CC(=O)C2=C(C1)Nc1ccc3ccccc3c1C2c1ccncc1. The lowest BCUT2D eigenvalue weighted by Crippen LogP contribution is -2.33. The number of Topliss-reactive ketones (excluding diaryl/α,β-unsaturated/α-hetero) is 1. The van der Waals surface area contributed by atoms with E-state index in [4.69, 9.17) is 0 Å². The highest BCUT2D eigenvalue weighted by atomic mass is 16.1. The quantitative estimate of drug-likeness (QED) is 0.633. The Kier molecular flexibility index (Phi) is 3.48. The number of fused-ring (bicyclic) bond motifs is 3. The van der Waals surface area contributed by atoms with Crippen LogP contribution in [0.15, 0.2) is 72.2 Å². The van der Waals surface area contributed by atoms with Gasteiger partial charge in [0.1, 0.15) is 0 Å². The highest BCUT2D eigenvalue weighted by Gasteiger charge is 2.41. The molecule has 2 aromatic carbocycles. The zero-order chi connectivity index (χ0) is 18.6. The van der Waals surface area contributed by atoms with Gasteiger partial charge in [-0.1, -0.05) is 44.2 Å². The number of aromatic nitrogens is 1. The first-order valence-corrected chi connectivity index (χ1v) is 9.48. The van der Waals surface area contributed by atoms with Gasteiger partial charge in [0.05, 0.1) is 0 Å². The number of ketones is 1. The van der Waals surface area contributed by atoms with Gasteiger partial charge in [0.25, 0.3) is 0 Å². The topological polar surface area (TPSA) is 42.0 Å². The predicted octanol–water partition coefficient (Wildman–Crippen LogP) is 5.44. The van der Waals surface area contributed by atoms with Crippen LogP contribution < -0.4 is 5.32 Å². The second kappa shape index (κ2) is 5.78. The van der Waals surface area contributed by atoms with Crippen LogP contribution in [0.1, 0.15) is 43.7 Å². The Morgan fingerprint density at radius 1 is 1.00 bits per heavy atom. The van der Waals surface area contributed by atoms with E-state index in [9.17, 15) is 4.79 Å². The zero-order valence-electron chi connectivity index (χ0n) is 15.6. The zero-order valence-corrected chi connectivity index (χ0v) is 15.6. The summed E-state index contributed by atoms with van der Waals surface area (Å²) in [6.07, 6.45) is 5.12. The molecular formula is C24H22N2O. The van der Waals surface area contributed by atoms with E-state index < -0.39 is 0 Å². The van der Waals surface area contributed by atoms with Crippen LogP contribution in [-0.2, 0) is 4.79 Å². The Morgan fingerprint density at radius 2 is 1.78 bits per heavy atom. The normalized spacial score (nSPS) is 20.8. The van der Waals surface area contributed by atoms with Crippen molar-refractivity contribution >= 4 is 22.2 Å². The highest BCUT2D eigenvalue weighted by Crippen LogP contribution is 2.50. The van der Waals surface area contributed by atoms with Crippen molar-refractivity contribution < 1.29 is 4.79 Å². The number of allylic oxidation sites excluding steroid dienone is 2. The first-order valence-electron chi connectivity index (χ1n) is 9.48. The maximum absolute atomic E-state index is 13.3. The van der Waals surface area contributed by atoms with E-state index in [1.165, 1.54) is 16.3 Å². The number of nitrogens with one attached hydrogen (secondary N) is 1. The second-order valence-corrected chi connectivity index (χ2v) is 8.42. The van der Waals surface area contributed by atoms with Crippen molar-refractivity contribution in [2.24, 2.45) is 5.41 Å². The van der Waals surface area contributed by atoms with Gasteiger partial charge in [0.15, 0.2) is 5.78 Å². The first-order chi connectivity index (χ1) is 13.0. The maximum atomic E-state index is 13.3. The molecule has 1 aliphatic carbocycles. The van der Waals surface area contributed by atoms with Crippen LogP contribution in [0.4, 0.5) is 5.69 Å². The van der Waals surface area contributed by atoms with Gasteiger partial charge in [-0.15, -0.1) is 0 Å². The summed E-state index contributed by atoms with van der Waals surface area (Å²) >= 11 is 0. The number of anilines is 1. The predicted molar refractivity (Wildman–Crippen MR) is 109 cm³/mol. The average molecular weight is 354 g/mol. The van der Waals surface area contributed by atoms with Crippen LogP contribution >= 0.6 is 0 Å². The average Bonchev–Trinajstić information content (AvgIpc) is 2.66. The van der Waals surface area contributed by atoms with E-state index in [1.807, 2.05) is 24.5 Å². The standard InChI is InChI=1S/C24H22N2O/c1-24(2)13-19-23(20(27)14-24)21(16-9-11-25-12-10-16)22-17-6-4-3-5-15(17)7-8-18(22)26-19/h3-12,21,26H,13-14H2,1-2H3. The Morgan fingerprint density at radius 3 is 2.59 bits per heavy atom. The fraction of sp³-hybridized carbons (Fsp3) is 0.250. The number of carbonyl (C=O) groups excluding carboxylic acids is 1. The number of carbonyl (C=O) groups is 1. The molecule has 27 heavy (non-hydrogen) atoms. The summed E-state index contributed by atoms with van der Waals surface area (Å²) < 4.78 is 0. The molecule has 2 aliphatic rings. The molecule has 1 N–H and O–H groups in total. The van der Waals surface area contributed by atoms with Crippen molar-refractivity contribution in [3.05, 3.63) is 83.3 Å². The van der Waals surface area contributed by atoms with Gasteiger partial charge in [-0.2, -0.15) is 0 Å². The number of hydrogen-bond donors (Lipinski definition) is 1. The molecule has 5 rings (SSSR count). The first kappa shape index (κ1) is 16.2. The van der Waals surface area contributed by atoms with Crippen LogP contribution in [-0.4, -0.2) is 10.8 Å². The molecular weight excluding hydrogens is 332 g/mol. The summed E-state index contributed by atoms with van der Waals surface area (Å²) in [4.78, 5) is 17.4. The monoisotopic (exact) mass is 354 g/mol. The number of pyridine rings is 1. The van der Waals surface area contributed by atoms with Crippen LogP contribution in [0.2, 0.25) is 0 Å². The molecule has 0 bridgehead atoms. The minimum atomic E-state index is -0.0473. The van der Waals surface area contributed by atoms with Crippen molar-refractivity contribution in [2.45, 2.75) is 32.6 Å². The van der Waals surface area contributed by atoms with Crippen molar-refractivity contribution in [1.82, 2.24) is 4.98 Å². The fourth-order valence-corrected chi connectivity index (χ4v) is 4.69. The molecule has 134 valence electrons. The number of rotatable bonds is 1. The van der Waals surface area contributed by atoms with E-state index in [2.05, 4.69) is 60.5 Å². The molecule has 1 atom stereocenters. The number of nitrogens with zero attached hydrogens (tertiary/aromatic N) is 1. The molecule has 0 fully saturated rings. The van der Waals surface area contributed by atoms with Crippen molar-refractivity contribution in [1.29, 1.82) is 0 Å². The van der Waals surface area contributed by atoms with E-state index in [0.717, 1.165) is 28.9 Å². The van der Waals surface area contributed by atoms with Gasteiger partial charge < -0.3 is 5.32 Å². The van der Waals surface area contributed by atoms with E-state index >= 15 is 0 Å². The lowest BCUT2D eigenvalue weighted by molar-refractivity contribution is -0.118. The minimum absolute atomic E-state index is 0.0138. The van der Waals surface area contributed by atoms with Crippen LogP contribution in [0.3, 0.4) is 0 Å². The third-order valence-corrected chi connectivity index (χ3v) is 5.79. The van der Waals surface area contributed by atoms with E-state index in [-0.39, 0.29) is 17.1 Å². The van der Waals surface area contributed by atoms with Gasteiger partial charge >= 0.3 is 0 Å². The summed E-state index contributed by atoms with van der Waals surface area (Å²) in [6.45, 7) is 4.35. The molecule has 3 nitrogen and oxygen atoms in total.